The predicted octanol–water partition coefficient (Wildman–Crippen LogP) is 3.91. The Kier molecular flexibility index (Phi) is 3.34. The van der Waals surface area contributed by atoms with Gasteiger partial charge in [0.05, 0.1) is 30.0 Å². The second kappa shape index (κ2) is 5.53. The summed E-state index contributed by atoms with van der Waals surface area (Å²) < 4.78 is 7.50. The van der Waals surface area contributed by atoms with Crippen molar-refractivity contribution in [2.75, 3.05) is 19.5 Å². The van der Waals surface area contributed by atoms with E-state index in [0.717, 1.165) is 39.5 Å². The van der Waals surface area contributed by atoms with Crippen LogP contribution in [0.5, 0.6) is 5.75 Å². The lowest BCUT2D eigenvalue weighted by atomic mass is 10.1. The molecule has 0 bridgehead atoms. The molecule has 0 aliphatic carbocycles. The summed E-state index contributed by atoms with van der Waals surface area (Å²) in [6.07, 6.45) is 1.88. The van der Waals surface area contributed by atoms with E-state index in [4.69, 9.17) is 9.72 Å². The van der Waals surface area contributed by atoms with Gasteiger partial charge in [-0.15, -0.1) is 0 Å². The van der Waals surface area contributed by atoms with Gasteiger partial charge in [-0.1, -0.05) is 18.2 Å². The van der Waals surface area contributed by atoms with Crippen LogP contribution in [0.1, 0.15) is 5.56 Å². The van der Waals surface area contributed by atoms with Gasteiger partial charge >= 0.3 is 0 Å². The molecule has 0 radical (unpaired) electrons. The first-order valence-electron chi connectivity index (χ1n) is 7.81. The van der Waals surface area contributed by atoms with Crippen LogP contribution in [0.25, 0.3) is 27.9 Å². The van der Waals surface area contributed by atoms with Gasteiger partial charge in [0.2, 0.25) is 0 Å². The summed E-state index contributed by atoms with van der Waals surface area (Å²) in [4.78, 5) is 9.30. The number of fused-ring (bicyclic) bond motifs is 3. The van der Waals surface area contributed by atoms with E-state index >= 15 is 0 Å². The summed E-state index contributed by atoms with van der Waals surface area (Å²) in [5.41, 5.74) is 6.03. The fraction of sp³-hybridized carbons (Fsp3) is 0.158. The zero-order chi connectivity index (χ0) is 16.7. The van der Waals surface area contributed by atoms with E-state index in [1.165, 1.54) is 5.56 Å². The van der Waals surface area contributed by atoms with Gasteiger partial charge < -0.3 is 10.1 Å². The third-order valence-corrected chi connectivity index (χ3v) is 4.18. The van der Waals surface area contributed by atoms with Gasteiger partial charge in [-0.25, -0.2) is 9.97 Å². The highest BCUT2D eigenvalue weighted by Gasteiger charge is 2.14. The van der Waals surface area contributed by atoms with Crippen LogP contribution in [0.2, 0.25) is 0 Å². The molecule has 0 saturated carbocycles. The second-order valence-electron chi connectivity index (χ2n) is 5.74. The molecule has 0 saturated heterocycles. The van der Waals surface area contributed by atoms with Crippen LogP contribution in [0.15, 0.2) is 48.7 Å². The van der Waals surface area contributed by atoms with Crippen molar-refractivity contribution in [2.45, 2.75) is 6.92 Å². The normalized spacial score (nSPS) is 11.1. The van der Waals surface area contributed by atoms with Crippen molar-refractivity contribution in [3.05, 3.63) is 54.2 Å². The predicted molar refractivity (Wildman–Crippen MR) is 96.8 cm³/mol. The quantitative estimate of drug-likeness (QED) is 0.622. The topological polar surface area (TPSA) is 51.5 Å². The first-order valence-corrected chi connectivity index (χ1v) is 7.81. The van der Waals surface area contributed by atoms with E-state index in [-0.39, 0.29) is 0 Å². The van der Waals surface area contributed by atoms with Crippen molar-refractivity contribution in [3.8, 4) is 17.0 Å². The Morgan fingerprint density at radius 1 is 1.12 bits per heavy atom. The lowest BCUT2D eigenvalue weighted by Crippen LogP contribution is -2.01. The van der Waals surface area contributed by atoms with E-state index in [9.17, 15) is 0 Å². The van der Waals surface area contributed by atoms with Crippen molar-refractivity contribution >= 4 is 22.5 Å². The number of methoxy groups -OCH3 is 1. The molecule has 0 unspecified atom stereocenters. The molecule has 0 atom stereocenters. The van der Waals surface area contributed by atoms with Crippen molar-refractivity contribution in [3.63, 3.8) is 0 Å². The second-order valence-corrected chi connectivity index (χ2v) is 5.74. The number of benzene rings is 2. The number of aryl methyl sites for hydroxylation is 1. The van der Waals surface area contributed by atoms with E-state index in [1.807, 2.05) is 31.4 Å². The van der Waals surface area contributed by atoms with E-state index < -0.39 is 0 Å². The molecule has 0 aliphatic rings. The number of nitrogens with one attached hydrogen (secondary N) is 1. The Morgan fingerprint density at radius 3 is 2.79 bits per heavy atom. The van der Waals surface area contributed by atoms with Crippen LogP contribution < -0.4 is 10.1 Å². The molecule has 2 heterocycles. The molecular formula is C19H18N4O. The standard InChI is InChI=1S/C19H18N4O/c1-12-7-8-16-15(9-12)22-18(20-2)19-21-11-17(23(16)19)13-5-4-6-14(10-13)24-3/h4-11H,1-3H3,(H,20,22). The highest BCUT2D eigenvalue weighted by atomic mass is 16.5. The fourth-order valence-corrected chi connectivity index (χ4v) is 3.00. The Bertz CT molecular complexity index is 1050. The lowest BCUT2D eigenvalue weighted by molar-refractivity contribution is 0.415. The minimum absolute atomic E-state index is 0.766. The summed E-state index contributed by atoms with van der Waals surface area (Å²) in [6, 6.07) is 14.3. The van der Waals surface area contributed by atoms with Gasteiger partial charge in [0.1, 0.15) is 5.75 Å². The number of rotatable bonds is 3. The lowest BCUT2D eigenvalue weighted by Gasteiger charge is -2.10. The molecule has 5 heteroatoms. The Morgan fingerprint density at radius 2 is 2.00 bits per heavy atom. The molecule has 0 amide bonds. The number of aromatic nitrogens is 3. The monoisotopic (exact) mass is 318 g/mol. The van der Waals surface area contributed by atoms with Crippen molar-refractivity contribution in [1.29, 1.82) is 0 Å². The SMILES string of the molecule is CNc1nc2cc(C)ccc2n2c(-c3cccc(OC)c3)cnc12. The first kappa shape index (κ1) is 14.5. The van der Waals surface area contributed by atoms with Gasteiger partial charge in [-0.3, -0.25) is 4.40 Å². The van der Waals surface area contributed by atoms with Gasteiger partial charge in [0.15, 0.2) is 11.5 Å². The molecule has 1 N–H and O–H groups in total. The van der Waals surface area contributed by atoms with Gasteiger partial charge in [-0.2, -0.15) is 0 Å². The van der Waals surface area contributed by atoms with Crippen LogP contribution in [0, 0.1) is 6.92 Å². The van der Waals surface area contributed by atoms with E-state index in [1.54, 1.807) is 7.11 Å². The Balaban J connectivity index is 2.10. The minimum atomic E-state index is 0.766. The Labute approximate surface area is 139 Å². The smallest absolute Gasteiger partial charge is 0.181 e. The zero-order valence-corrected chi connectivity index (χ0v) is 13.9. The van der Waals surface area contributed by atoms with Crippen LogP contribution in [-0.2, 0) is 0 Å². The number of imidazole rings is 1. The summed E-state index contributed by atoms with van der Waals surface area (Å²) in [5.74, 6) is 1.59. The largest absolute Gasteiger partial charge is 0.497 e. The summed E-state index contributed by atoms with van der Waals surface area (Å²) in [5, 5.41) is 3.15. The maximum atomic E-state index is 5.36. The maximum Gasteiger partial charge on any atom is 0.181 e. The number of hydrogen-bond donors (Lipinski definition) is 1. The van der Waals surface area contributed by atoms with Crippen molar-refractivity contribution in [1.82, 2.24) is 14.4 Å². The first-order chi connectivity index (χ1) is 11.7. The molecule has 4 aromatic rings. The van der Waals surface area contributed by atoms with E-state index in [2.05, 4.69) is 45.9 Å². The third-order valence-electron chi connectivity index (χ3n) is 4.18. The summed E-state index contributed by atoms with van der Waals surface area (Å²) in [6.45, 7) is 2.07. The maximum absolute atomic E-state index is 5.36. The molecule has 2 aromatic heterocycles. The summed E-state index contributed by atoms with van der Waals surface area (Å²) >= 11 is 0. The molecule has 2 aromatic carbocycles. The highest BCUT2D eigenvalue weighted by Crippen LogP contribution is 2.30. The molecule has 4 rings (SSSR count). The summed E-state index contributed by atoms with van der Waals surface area (Å²) in [7, 11) is 3.54. The average Bonchev–Trinajstić information content (AvgIpc) is 3.06. The zero-order valence-electron chi connectivity index (χ0n) is 13.9. The van der Waals surface area contributed by atoms with E-state index in [0.29, 0.717) is 0 Å². The molecule has 5 nitrogen and oxygen atoms in total. The third kappa shape index (κ3) is 2.17. The molecule has 120 valence electrons. The van der Waals surface area contributed by atoms with Crippen molar-refractivity contribution < 1.29 is 4.74 Å². The molecular weight excluding hydrogens is 300 g/mol. The highest BCUT2D eigenvalue weighted by molar-refractivity contribution is 5.86. The van der Waals surface area contributed by atoms with Gasteiger partial charge in [0.25, 0.3) is 0 Å². The number of ether oxygens (including phenoxy) is 1. The van der Waals surface area contributed by atoms with Gasteiger partial charge in [-0.05, 0) is 36.8 Å². The number of hydrogen-bond acceptors (Lipinski definition) is 4. The fourth-order valence-electron chi connectivity index (χ4n) is 3.00. The Hall–Kier alpha value is -3.08. The molecule has 0 aliphatic heterocycles. The number of nitrogens with zero attached hydrogens (tertiary/aromatic N) is 3. The number of anilines is 1. The molecule has 24 heavy (non-hydrogen) atoms. The van der Waals surface area contributed by atoms with Crippen LogP contribution in [0.4, 0.5) is 5.82 Å². The van der Waals surface area contributed by atoms with Crippen molar-refractivity contribution in [2.24, 2.45) is 0 Å². The minimum Gasteiger partial charge on any atom is -0.497 e. The van der Waals surface area contributed by atoms with Crippen LogP contribution in [0.3, 0.4) is 0 Å². The molecule has 0 spiro atoms. The molecule has 0 fully saturated rings. The van der Waals surface area contributed by atoms with Crippen LogP contribution >= 0.6 is 0 Å². The van der Waals surface area contributed by atoms with Crippen LogP contribution in [-0.4, -0.2) is 28.5 Å². The van der Waals surface area contributed by atoms with Gasteiger partial charge in [0, 0.05) is 12.6 Å². The average molecular weight is 318 g/mol.